The van der Waals surface area contributed by atoms with Crippen LogP contribution in [-0.2, 0) is 5.41 Å². The van der Waals surface area contributed by atoms with Crippen LogP contribution >= 0.6 is 0 Å². The van der Waals surface area contributed by atoms with E-state index < -0.39 is 0 Å². The Morgan fingerprint density at radius 1 is 0.453 bits per heavy atom. The average molecular weight is 681 g/mol. The molecule has 1 aliphatic rings. The van der Waals surface area contributed by atoms with Crippen LogP contribution in [0.3, 0.4) is 0 Å². The monoisotopic (exact) mass is 680 g/mol. The minimum atomic E-state index is -0.109. The molecule has 250 valence electrons. The van der Waals surface area contributed by atoms with Crippen molar-refractivity contribution in [1.82, 2.24) is 19.5 Å². The molecule has 0 spiro atoms. The molecule has 7 aromatic carbocycles. The molecule has 0 bridgehead atoms. The first-order valence-corrected chi connectivity index (χ1v) is 18.0. The quantitative estimate of drug-likeness (QED) is 0.186. The second-order valence-electron chi connectivity index (χ2n) is 14.4. The van der Waals surface area contributed by atoms with Crippen molar-refractivity contribution in [3.8, 4) is 51.0 Å². The van der Waals surface area contributed by atoms with E-state index in [1.165, 1.54) is 44.1 Å². The molecule has 0 N–H and O–H groups in total. The molecule has 10 aromatic rings. The lowest BCUT2D eigenvalue weighted by atomic mass is 9.82. The molecular formula is C48H32N4O. The van der Waals surface area contributed by atoms with Crippen molar-refractivity contribution < 1.29 is 4.42 Å². The van der Waals surface area contributed by atoms with E-state index in [9.17, 15) is 0 Å². The van der Waals surface area contributed by atoms with Crippen LogP contribution in [-0.4, -0.2) is 19.5 Å². The van der Waals surface area contributed by atoms with Gasteiger partial charge in [0.05, 0.1) is 22.1 Å². The Bertz CT molecular complexity index is 3020. The Balaban J connectivity index is 1.12. The van der Waals surface area contributed by atoms with Gasteiger partial charge in [-0.1, -0.05) is 129 Å². The third-order valence-corrected chi connectivity index (χ3v) is 11.0. The number of aromatic nitrogens is 4. The van der Waals surface area contributed by atoms with Gasteiger partial charge in [0.1, 0.15) is 11.2 Å². The Morgan fingerprint density at radius 3 is 1.87 bits per heavy atom. The van der Waals surface area contributed by atoms with Gasteiger partial charge in [-0.25, -0.2) is 15.0 Å². The number of furan rings is 1. The van der Waals surface area contributed by atoms with E-state index in [1.54, 1.807) is 0 Å². The highest BCUT2D eigenvalue weighted by Gasteiger charge is 2.36. The standard InChI is InChI=1S/C48H32N4O/c1-48(2)37-20-11-9-18-32(37)35-27-36-33-19-10-12-21-39(33)52(41(36)28-38(35)48)40-22-13-23-42-44(40)34-25-24-31(26-43(34)53-42)47-50-45(29-14-5-3-6-15-29)49-46(51-47)30-16-7-4-8-17-30/h3-28H,1-2H3. The minimum absolute atomic E-state index is 0.109. The van der Waals surface area contributed by atoms with Gasteiger partial charge in [0, 0.05) is 38.3 Å². The molecular weight excluding hydrogens is 649 g/mol. The van der Waals surface area contributed by atoms with E-state index in [1.807, 2.05) is 60.7 Å². The van der Waals surface area contributed by atoms with Gasteiger partial charge in [-0.05, 0) is 64.7 Å². The molecule has 11 rings (SSSR count). The van der Waals surface area contributed by atoms with Crippen molar-refractivity contribution >= 4 is 43.7 Å². The molecule has 0 amide bonds. The van der Waals surface area contributed by atoms with E-state index in [4.69, 9.17) is 19.4 Å². The zero-order valence-corrected chi connectivity index (χ0v) is 29.2. The number of fused-ring (bicyclic) bond motifs is 9. The minimum Gasteiger partial charge on any atom is -0.456 e. The summed E-state index contributed by atoms with van der Waals surface area (Å²) >= 11 is 0. The molecule has 53 heavy (non-hydrogen) atoms. The lowest BCUT2D eigenvalue weighted by Gasteiger charge is -2.21. The molecule has 0 saturated carbocycles. The largest absolute Gasteiger partial charge is 0.456 e. The van der Waals surface area contributed by atoms with E-state index in [2.05, 4.69) is 115 Å². The van der Waals surface area contributed by atoms with Crippen molar-refractivity contribution in [3.05, 3.63) is 169 Å². The molecule has 5 heteroatoms. The van der Waals surface area contributed by atoms with Gasteiger partial charge in [-0.3, -0.25) is 0 Å². The lowest BCUT2D eigenvalue weighted by Crippen LogP contribution is -2.14. The van der Waals surface area contributed by atoms with Crippen LogP contribution in [0.15, 0.2) is 162 Å². The summed E-state index contributed by atoms with van der Waals surface area (Å²) in [7, 11) is 0. The van der Waals surface area contributed by atoms with Gasteiger partial charge < -0.3 is 8.98 Å². The molecule has 3 heterocycles. The van der Waals surface area contributed by atoms with E-state index in [-0.39, 0.29) is 5.41 Å². The van der Waals surface area contributed by atoms with Crippen LogP contribution in [0.1, 0.15) is 25.0 Å². The summed E-state index contributed by atoms with van der Waals surface area (Å²) < 4.78 is 9.10. The molecule has 0 atom stereocenters. The number of hydrogen-bond donors (Lipinski definition) is 0. The Kier molecular flexibility index (Phi) is 6.23. The van der Waals surface area contributed by atoms with Crippen LogP contribution < -0.4 is 0 Å². The van der Waals surface area contributed by atoms with Crippen molar-refractivity contribution in [2.24, 2.45) is 0 Å². The molecule has 1 aliphatic carbocycles. The van der Waals surface area contributed by atoms with Crippen LogP contribution in [0.25, 0.3) is 94.7 Å². The van der Waals surface area contributed by atoms with Gasteiger partial charge in [0.2, 0.25) is 0 Å². The normalized spacial score (nSPS) is 13.2. The summed E-state index contributed by atoms with van der Waals surface area (Å²) in [6.07, 6.45) is 0. The van der Waals surface area contributed by atoms with E-state index in [0.717, 1.165) is 44.3 Å². The summed E-state index contributed by atoms with van der Waals surface area (Å²) in [5, 5.41) is 4.60. The lowest BCUT2D eigenvalue weighted by molar-refractivity contribution is 0.661. The predicted octanol–water partition coefficient (Wildman–Crippen LogP) is 12.2. The van der Waals surface area contributed by atoms with Gasteiger partial charge in [0.15, 0.2) is 17.5 Å². The van der Waals surface area contributed by atoms with Crippen LogP contribution in [0.5, 0.6) is 0 Å². The molecule has 0 unspecified atom stereocenters. The fraction of sp³-hybridized carbons (Fsp3) is 0.0625. The molecule has 3 aromatic heterocycles. The van der Waals surface area contributed by atoms with Crippen molar-refractivity contribution in [2.75, 3.05) is 0 Å². The van der Waals surface area contributed by atoms with E-state index in [0.29, 0.717) is 17.5 Å². The Hall–Kier alpha value is -6.85. The van der Waals surface area contributed by atoms with Gasteiger partial charge >= 0.3 is 0 Å². The molecule has 0 fully saturated rings. The highest BCUT2D eigenvalue weighted by Crippen LogP contribution is 2.51. The highest BCUT2D eigenvalue weighted by atomic mass is 16.3. The first-order valence-electron chi connectivity index (χ1n) is 18.0. The number of benzene rings is 7. The Morgan fingerprint density at radius 2 is 1.11 bits per heavy atom. The van der Waals surface area contributed by atoms with Crippen molar-refractivity contribution in [3.63, 3.8) is 0 Å². The maximum Gasteiger partial charge on any atom is 0.164 e. The van der Waals surface area contributed by atoms with Gasteiger partial charge in [-0.2, -0.15) is 0 Å². The first-order chi connectivity index (χ1) is 26.0. The maximum atomic E-state index is 6.67. The van der Waals surface area contributed by atoms with Crippen LogP contribution in [0.4, 0.5) is 0 Å². The zero-order valence-electron chi connectivity index (χ0n) is 29.2. The number of nitrogens with zero attached hydrogens (tertiary/aromatic N) is 4. The maximum absolute atomic E-state index is 6.67. The Labute approximate surface area is 305 Å². The van der Waals surface area contributed by atoms with Gasteiger partial charge in [0.25, 0.3) is 0 Å². The number of hydrogen-bond acceptors (Lipinski definition) is 4. The van der Waals surface area contributed by atoms with Crippen molar-refractivity contribution in [2.45, 2.75) is 19.3 Å². The molecule has 0 aliphatic heterocycles. The van der Waals surface area contributed by atoms with Crippen LogP contribution in [0, 0.1) is 0 Å². The summed E-state index contributed by atoms with van der Waals surface area (Å²) in [4.78, 5) is 14.8. The van der Waals surface area contributed by atoms with Crippen LogP contribution in [0.2, 0.25) is 0 Å². The smallest absolute Gasteiger partial charge is 0.164 e. The van der Waals surface area contributed by atoms with E-state index >= 15 is 0 Å². The third-order valence-electron chi connectivity index (χ3n) is 11.0. The topological polar surface area (TPSA) is 56.7 Å². The zero-order chi connectivity index (χ0) is 35.3. The molecule has 0 radical (unpaired) electrons. The van der Waals surface area contributed by atoms with Gasteiger partial charge in [-0.15, -0.1) is 0 Å². The summed E-state index contributed by atoms with van der Waals surface area (Å²) in [5.74, 6) is 1.86. The fourth-order valence-corrected chi connectivity index (χ4v) is 8.49. The van der Waals surface area contributed by atoms with Crippen molar-refractivity contribution in [1.29, 1.82) is 0 Å². The SMILES string of the molecule is CC1(C)c2ccccc2-c2cc3c4ccccc4n(-c4cccc5oc6cc(-c7nc(-c8ccccc8)nc(-c8ccccc8)n7)ccc6c45)c3cc21. The molecule has 0 saturated heterocycles. The highest BCUT2D eigenvalue weighted by molar-refractivity contribution is 6.15. The second kappa shape index (κ2) is 11.1. The molecule has 5 nitrogen and oxygen atoms in total. The third kappa shape index (κ3) is 4.40. The summed E-state index contributed by atoms with van der Waals surface area (Å²) in [6.45, 7) is 4.69. The number of rotatable bonds is 4. The summed E-state index contributed by atoms with van der Waals surface area (Å²) in [5.41, 5.74) is 13.1. The number of para-hydroxylation sites is 1. The first kappa shape index (κ1) is 29.8. The fourth-order valence-electron chi connectivity index (χ4n) is 8.49. The predicted molar refractivity (Wildman–Crippen MR) is 215 cm³/mol. The average Bonchev–Trinajstić information content (AvgIpc) is 3.83. The summed E-state index contributed by atoms with van der Waals surface area (Å²) in [6, 6.07) is 55.3. The second-order valence-corrected chi connectivity index (χ2v) is 14.4.